The van der Waals surface area contributed by atoms with Crippen LogP contribution < -0.4 is 5.73 Å². The van der Waals surface area contributed by atoms with E-state index in [-0.39, 0.29) is 5.69 Å². The van der Waals surface area contributed by atoms with Gasteiger partial charge < -0.3 is 20.5 Å². The molecule has 0 fully saturated rings. The summed E-state index contributed by atoms with van der Waals surface area (Å²) in [5.41, 5.74) is 5.42. The summed E-state index contributed by atoms with van der Waals surface area (Å²) in [6, 6.07) is 0. The summed E-state index contributed by atoms with van der Waals surface area (Å²) < 4.78 is 10.6. The molecule has 1 rings (SSSR count). The molecule has 0 saturated heterocycles. The number of hydrogen-bond donors (Lipinski definition) is 4. The number of aromatic amines is 1. The number of aromatic nitrogens is 2. The molecule has 0 aliphatic heterocycles. The Bertz CT molecular complexity index is 266. The topological polar surface area (TPSA) is 112 Å². The number of nitrogens with two attached hydrogens (primary N) is 1. The third kappa shape index (κ3) is 1.87. The van der Waals surface area contributed by atoms with Crippen molar-refractivity contribution in [3.05, 3.63) is 18.2 Å². The number of nitrogens with one attached hydrogen (secondary N) is 1. The molecule has 5 N–H and O–H groups in total. The van der Waals surface area contributed by atoms with Crippen molar-refractivity contribution >= 4 is 7.60 Å². The Kier molecular flexibility index (Phi) is 2.10. The maximum absolute atomic E-state index is 10.6. The van der Waals surface area contributed by atoms with Crippen molar-refractivity contribution in [3.63, 3.8) is 0 Å². The summed E-state index contributed by atoms with van der Waals surface area (Å²) >= 11 is 0. The zero-order chi connectivity index (χ0) is 8.48. The largest absolute Gasteiger partial charge is 0.348 e. The van der Waals surface area contributed by atoms with Crippen molar-refractivity contribution in [2.45, 2.75) is 5.78 Å². The summed E-state index contributed by atoms with van der Waals surface area (Å²) in [6.07, 6.45) is 2.59. The molecule has 0 aromatic carbocycles. The molecule has 1 atom stereocenters. The second-order valence-electron chi connectivity index (χ2n) is 2.04. The van der Waals surface area contributed by atoms with E-state index in [1.165, 1.54) is 12.5 Å². The molecule has 1 heterocycles. The number of hydrogen-bond acceptors (Lipinski definition) is 3. The molecule has 0 aliphatic carbocycles. The Labute approximate surface area is 62.6 Å². The Morgan fingerprint density at radius 3 is 2.73 bits per heavy atom. The molecule has 0 aliphatic rings. The smallest absolute Gasteiger partial charge is 0.347 e. The minimum Gasteiger partial charge on any atom is -0.347 e. The maximum Gasteiger partial charge on any atom is 0.348 e. The second-order valence-corrected chi connectivity index (χ2v) is 3.78. The van der Waals surface area contributed by atoms with Crippen LogP contribution in [0.3, 0.4) is 0 Å². The molecule has 0 bridgehead atoms. The van der Waals surface area contributed by atoms with Gasteiger partial charge in [0.25, 0.3) is 0 Å². The lowest BCUT2D eigenvalue weighted by Gasteiger charge is -2.10. The molecule has 0 saturated carbocycles. The summed E-state index contributed by atoms with van der Waals surface area (Å²) in [7, 11) is -4.24. The van der Waals surface area contributed by atoms with E-state index in [0.29, 0.717) is 0 Å². The predicted molar refractivity (Wildman–Crippen MR) is 37.6 cm³/mol. The fourth-order valence-electron chi connectivity index (χ4n) is 0.610. The van der Waals surface area contributed by atoms with Gasteiger partial charge in [0.05, 0.1) is 18.2 Å². The van der Waals surface area contributed by atoms with E-state index in [2.05, 4.69) is 9.97 Å². The lowest BCUT2D eigenvalue weighted by molar-refractivity contribution is 0.359. The fraction of sp³-hybridized carbons (Fsp3) is 0.250. The van der Waals surface area contributed by atoms with Crippen LogP contribution in [-0.4, -0.2) is 19.8 Å². The van der Waals surface area contributed by atoms with E-state index >= 15 is 0 Å². The first-order chi connectivity index (χ1) is 5.02. The van der Waals surface area contributed by atoms with Crippen molar-refractivity contribution in [2.75, 3.05) is 0 Å². The van der Waals surface area contributed by atoms with Crippen LogP contribution in [0, 0.1) is 0 Å². The van der Waals surface area contributed by atoms with Crippen molar-refractivity contribution in [1.82, 2.24) is 9.97 Å². The molecule has 0 amide bonds. The quantitative estimate of drug-likeness (QED) is 0.457. The molecule has 1 aromatic heterocycles. The molecule has 62 valence electrons. The van der Waals surface area contributed by atoms with Gasteiger partial charge in [0, 0.05) is 0 Å². The number of nitrogens with zero attached hydrogens (tertiary/aromatic N) is 1. The number of imidazole rings is 1. The van der Waals surface area contributed by atoms with Gasteiger partial charge in [0.1, 0.15) is 5.78 Å². The highest BCUT2D eigenvalue weighted by molar-refractivity contribution is 7.52. The van der Waals surface area contributed by atoms with Crippen LogP contribution in [-0.2, 0) is 4.57 Å². The highest BCUT2D eigenvalue weighted by Gasteiger charge is 2.27. The van der Waals surface area contributed by atoms with Crippen LogP contribution in [0.5, 0.6) is 0 Å². The predicted octanol–water partition coefficient (Wildman–Crippen LogP) is -0.455. The third-order valence-corrected chi connectivity index (χ3v) is 2.20. The fourth-order valence-corrected chi connectivity index (χ4v) is 1.11. The lowest BCUT2D eigenvalue weighted by Crippen LogP contribution is -2.10. The Morgan fingerprint density at radius 1 is 1.73 bits per heavy atom. The van der Waals surface area contributed by atoms with Crippen LogP contribution in [0.4, 0.5) is 0 Å². The van der Waals surface area contributed by atoms with Gasteiger partial charge >= 0.3 is 7.60 Å². The van der Waals surface area contributed by atoms with Gasteiger partial charge in [-0.25, -0.2) is 4.98 Å². The van der Waals surface area contributed by atoms with Crippen molar-refractivity contribution in [3.8, 4) is 0 Å². The monoisotopic (exact) mass is 177 g/mol. The Hall–Kier alpha value is -0.680. The van der Waals surface area contributed by atoms with Gasteiger partial charge in [0.2, 0.25) is 0 Å². The van der Waals surface area contributed by atoms with Gasteiger partial charge in [0.15, 0.2) is 0 Å². The van der Waals surface area contributed by atoms with E-state index in [4.69, 9.17) is 15.5 Å². The summed E-state index contributed by atoms with van der Waals surface area (Å²) in [5.74, 6) is -1.30. The highest BCUT2D eigenvalue weighted by Crippen LogP contribution is 2.47. The van der Waals surface area contributed by atoms with E-state index < -0.39 is 13.4 Å². The van der Waals surface area contributed by atoms with Gasteiger partial charge in [-0.1, -0.05) is 0 Å². The Balaban J connectivity index is 2.87. The molecule has 1 aromatic rings. The second kappa shape index (κ2) is 2.75. The first-order valence-electron chi connectivity index (χ1n) is 2.81. The first kappa shape index (κ1) is 8.42. The van der Waals surface area contributed by atoms with Crippen LogP contribution in [0.1, 0.15) is 11.5 Å². The molecule has 7 heteroatoms. The van der Waals surface area contributed by atoms with Crippen LogP contribution in [0.2, 0.25) is 0 Å². The van der Waals surface area contributed by atoms with E-state index in [1.54, 1.807) is 0 Å². The molecular weight excluding hydrogens is 169 g/mol. The summed E-state index contributed by atoms with van der Waals surface area (Å²) in [5, 5.41) is 0. The van der Waals surface area contributed by atoms with Crippen molar-refractivity contribution < 1.29 is 14.4 Å². The van der Waals surface area contributed by atoms with E-state index in [0.717, 1.165) is 0 Å². The average molecular weight is 177 g/mol. The van der Waals surface area contributed by atoms with Gasteiger partial charge in [-0.2, -0.15) is 0 Å². The van der Waals surface area contributed by atoms with E-state index in [9.17, 15) is 4.57 Å². The number of H-pyrrole nitrogens is 1. The van der Waals surface area contributed by atoms with Crippen LogP contribution in [0.25, 0.3) is 0 Å². The first-order valence-corrected chi connectivity index (χ1v) is 4.49. The highest BCUT2D eigenvalue weighted by atomic mass is 31.2. The summed E-state index contributed by atoms with van der Waals surface area (Å²) in [6.45, 7) is 0. The molecule has 11 heavy (non-hydrogen) atoms. The van der Waals surface area contributed by atoms with Crippen LogP contribution in [0.15, 0.2) is 12.5 Å². The molecule has 6 nitrogen and oxygen atoms in total. The van der Waals surface area contributed by atoms with Crippen LogP contribution >= 0.6 is 7.60 Å². The molecular formula is C4H8N3O3P. The minimum absolute atomic E-state index is 0.235. The number of rotatable bonds is 2. The minimum atomic E-state index is -4.24. The standard InChI is InChI=1S/C4H8N3O3P/c5-4(11(8,9)10)3-1-6-2-7-3/h1-2,4H,5H2,(H,6,7)(H2,8,9,10). The molecule has 0 radical (unpaired) electrons. The SMILES string of the molecule is NC(c1cnc[nH]1)P(=O)(O)O. The maximum atomic E-state index is 10.6. The van der Waals surface area contributed by atoms with Gasteiger partial charge in [-0.15, -0.1) is 0 Å². The average Bonchev–Trinajstić information content (AvgIpc) is 2.34. The third-order valence-electron chi connectivity index (χ3n) is 1.20. The van der Waals surface area contributed by atoms with Crippen molar-refractivity contribution in [2.24, 2.45) is 5.73 Å². The zero-order valence-corrected chi connectivity index (χ0v) is 6.40. The Morgan fingerprint density at radius 2 is 2.36 bits per heavy atom. The molecule has 1 unspecified atom stereocenters. The summed E-state index contributed by atoms with van der Waals surface area (Å²) in [4.78, 5) is 23.3. The van der Waals surface area contributed by atoms with Gasteiger partial charge in [-0.05, 0) is 0 Å². The van der Waals surface area contributed by atoms with Crippen molar-refractivity contribution in [1.29, 1.82) is 0 Å². The normalized spacial score (nSPS) is 14.8. The lowest BCUT2D eigenvalue weighted by atomic mass is 10.5. The zero-order valence-electron chi connectivity index (χ0n) is 5.51. The molecule has 0 spiro atoms. The van der Waals surface area contributed by atoms with Gasteiger partial charge in [-0.3, -0.25) is 4.57 Å². The van der Waals surface area contributed by atoms with E-state index in [1.807, 2.05) is 0 Å².